The molecular weight excluding hydrogens is 293 g/mol. The molecule has 1 aromatic carbocycles. The number of nitrogen functional groups attached to an aromatic ring is 1. The van der Waals surface area contributed by atoms with Gasteiger partial charge in [-0.25, -0.2) is 4.98 Å². The molecule has 1 aromatic heterocycles. The maximum absolute atomic E-state index is 6.20. The van der Waals surface area contributed by atoms with Gasteiger partial charge < -0.3 is 10.6 Å². The van der Waals surface area contributed by atoms with E-state index in [1.54, 1.807) is 12.1 Å². The van der Waals surface area contributed by atoms with Crippen molar-refractivity contribution >= 4 is 34.6 Å². The highest BCUT2D eigenvalue weighted by atomic mass is 35.5. The monoisotopic (exact) mass is 307 g/mol. The predicted molar refractivity (Wildman–Crippen MR) is 84.5 cm³/mol. The smallest absolute Gasteiger partial charge is 0.129 e. The summed E-state index contributed by atoms with van der Waals surface area (Å²) in [5.74, 6) is 0. The summed E-state index contributed by atoms with van der Waals surface area (Å²) in [5, 5.41) is 1.11. The molecule has 2 N–H and O–H groups in total. The quantitative estimate of drug-likeness (QED) is 0.675. The van der Waals surface area contributed by atoms with Crippen molar-refractivity contribution in [3.8, 4) is 0 Å². The van der Waals surface area contributed by atoms with Gasteiger partial charge in [0.1, 0.15) is 5.15 Å². The van der Waals surface area contributed by atoms with Crippen LogP contribution in [0.25, 0.3) is 0 Å². The van der Waals surface area contributed by atoms with E-state index < -0.39 is 0 Å². The summed E-state index contributed by atoms with van der Waals surface area (Å²) in [6.45, 7) is 1.62. The van der Waals surface area contributed by atoms with Crippen molar-refractivity contribution < 1.29 is 0 Å². The Hall–Kier alpha value is -1.45. The summed E-state index contributed by atoms with van der Waals surface area (Å²) in [4.78, 5) is 6.59. The Morgan fingerprint density at radius 1 is 1.20 bits per heavy atom. The van der Waals surface area contributed by atoms with Gasteiger partial charge in [-0.3, -0.25) is 0 Å². The number of pyridine rings is 1. The molecule has 0 fully saturated rings. The van der Waals surface area contributed by atoms with Crippen LogP contribution in [0.4, 0.5) is 11.4 Å². The topological polar surface area (TPSA) is 42.1 Å². The van der Waals surface area contributed by atoms with Crippen LogP contribution in [0.5, 0.6) is 0 Å². The van der Waals surface area contributed by atoms with E-state index >= 15 is 0 Å². The maximum atomic E-state index is 6.20. The molecular formula is C15H15Cl2N3. The van der Waals surface area contributed by atoms with E-state index in [1.807, 2.05) is 12.1 Å². The molecule has 0 atom stereocenters. The number of nitrogens with zero attached hydrogens (tertiary/aromatic N) is 2. The van der Waals surface area contributed by atoms with Crippen LogP contribution >= 0.6 is 23.2 Å². The Morgan fingerprint density at radius 2 is 2.05 bits per heavy atom. The van der Waals surface area contributed by atoms with E-state index in [1.165, 1.54) is 11.3 Å². The molecule has 0 radical (unpaired) electrons. The number of benzene rings is 1. The minimum atomic E-state index is 0.467. The normalized spacial score (nSPS) is 14.2. The van der Waals surface area contributed by atoms with E-state index in [0.29, 0.717) is 16.7 Å². The minimum Gasteiger partial charge on any atom is -0.398 e. The van der Waals surface area contributed by atoms with Gasteiger partial charge in [0.05, 0.1) is 17.3 Å². The zero-order valence-electron chi connectivity index (χ0n) is 10.9. The Morgan fingerprint density at radius 3 is 2.90 bits per heavy atom. The Balaban J connectivity index is 1.94. The lowest BCUT2D eigenvalue weighted by atomic mass is 10.00. The van der Waals surface area contributed by atoms with Crippen LogP contribution < -0.4 is 10.6 Å². The number of fused-ring (bicyclic) bond motifs is 1. The molecule has 2 heterocycles. The Labute approximate surface area is 128 Å². The third-order valence-electron chi connectivity index (χ3n) is 3.61. The first-order chi connectivity index (χ1) is 9.65. The molecule has 3 nitrogen and oxygen atoms in total. The molecule has 3 rings (SSSR count). The summed E-state index contributed by atoms with van der Waals surface area (Å²) >= 11 is 12.2. The van der Waals surface area contributed by atoms with Gasteiger partial charge >= 0.3 is 0 Å². The number of rotatable bonds is 2. The second-order valence-corrected chi connectivity index (χ2v) is 5.73. The van der Waals surface area contributed by atoms with E-state index in [0.717, 1.165) is 30.8 Å². The Bertz CT molecular complexity index is 643. The molecule has 0 saturated heterocycles. The summed E-state index contributed by atoms with van der Waals surface area (Å²) in [5.41, 5.74) is 10.1. The lowest BCUT2D eigenvalue weighted by Gasteiger charge is -2.32. The highest BCUT2D eigenvalue weighted by Gasteiger charge is 2.19. The van der Waals surface area contributed by atoms with Crippen molar-refractivity contribution in [1.29, 1.82) is 0 Å². The van der Waals surface area contributed by atoms with Gasteiger partial charge in [0, 0.05) is 17.9 Å². The molecule has 1 aliphatic heterocycles. The highest BCUT2D eigenvalue weighted by molar-refractivity contribution is 6.32. The molecule has 0 spiro atoms. The van der Waals surface area contributed by atoms with Crippen molar-refractivity contribution in [3.63, 3.8) is 0 Å². The first-order valence-electron chi connectivity index (χ1n) is 6.58. The average molecular weight is 308 g/mol. The van der Waals surface area contributed by atoms with Crippen LogP contribution in [0.3, 0.4) is 0 Å². The highest BCUT2D eigenvalue weighted by Crippen LogP contribution is 2.32. The van der Waals surface area contributed by atoms with E-state index in [9.17, 15) is 0 Å². The molecule has 0 unspecified atom stereocenters. The molecule has 20 heavy (non-hydrogen) atoms. The second kappa shape index (κ2) is 5.51. The van der Waals surface area contributed by atoms with Gasteiger partial charge in [0.2, 0.25) is 0 Å². The number of anilines is 2. The molecule has 2 aromatic rings. The Kier molecular flexibility index (Phi) is 3.72. The fourth-order valence-electron chi connectivity index (χ4n) is 2.64. The molecule has 0 bridgehead atoms. The van der Waals surface area contributed by atoms with Gasteiger partial charge in [-0.1, -0.05) is 29.3 Å². The third kappa shape index (κ3) is 2.56. The van der Waals surface area contributed by atoms with Gasteiger partial charge in [0.25, 0.3) is 0 Å². The number of hydrogen-bond acceptors (Lipinski definition) is 3. The summed E-state index contributed by atoms with van der Waals surface area (Å²) < 4.78 is 0. The van der Waals surface area contributed by atoms with Crippen molar-refractivity contribution in [2.45, 2.75) is 19.4 Å². The van der Waals surface area contributed by atoms with Gasteiger partial charge in [-0.05, 0) is 42.7 Å². The van der Waals surface area contributed by atoms with Gasteiger partial charge in [-0.15, -0.1) is 0 Å². The summed E-state index contributed by atoms with van der Waals surface area (Å²) in [6, 6.07) is 9.53. The van der Waals surface area contributed by atoms with Crippen LogP contribution in [0.15, 0.2) is 30.3 Å². The lowest BCUT2D eigenvalue weighted by Crippen LogP contribution is -2.29. The van der Waals surface area contributed by atoms with E-state index in [-0.39, 0.29) is 0 Å². The molecule has 1 aliphatic rings. The first kappa shape index (κ1) is 13.5. The van der Waals surface area contributed by atoms with Crippen molar-refractivity contribution in [3.05, 3.63) is 51.8 Å². The molecule has 5 heteroatoms. The zero-order chi connectivity index (χ0) is 14.1. The molecule has 0 saturated carbocycles. The zero-order valence-corrected chi connectivity index (χ0v) is 12.5. The largest absolute Gasteiger partial charge is 0.398 e. The fourth-order valence-corrected chi connectivity index (χ4v) is 2.97. The minimum absolute atomic E-state index is 0.467. The number of hydrogen-bond donors (Lipinski definition) is 1. The predicted octanol–water partition coefficient (Wildman–Crippen LogP) is 3.92. The van der Waals surface area contributed by atoms with Crippen molar-refractivity contribution in [2.75, 3.05) is 17.2 Å². The van der Waals surface area contributed by atoms with Crippen LogP contribution in [0.2, 0.25) is 10.2 Å². The lowest BCUT2D eigenvalue weighted by molar-refractivity contribution is 0.685. The fraction of sp³-hybridized carbons (Fsp3) is 0.267. The van der Waals surface area contributed by atoms with Crippen LogP contribution in [0, 0.1) is 0 Å². The number of nitrogens with two attached hydrogens (primary N) is 1. The van der Waals surface area contributed by atoms with Gasteiger partial charge in [0.15, 0.2) is 0 Å². The third-order valence-corrected chi connectivity index (χ3v) is 4.16. The summed E-state index contributed by atoms with van der Waals surface area (Å²) in [6.07, 6.45) is 2.11. The van der Waals surface area contributed by atoms with Crippen molar-refractivity contribution in [1.82, 2.24) is 4.98 Å². The SMILES string of the molecule is Nc1cccc2c1CCCN2Cc1nc(Cl)ccc1Cl. The maximum Gasteiger partial charge on any atom is 0.129 e. The van der Waals surface area contributed by atoms with Crippen LogP contribution in [0.1, 0.15) is 17.7 Å². The average Bonchev–Trinajstić information content (AvgIpc) is 2.44. The first-order valence-corrected chi connectivity index (χ1v) is 7.34. The van der Waals surface area contributed by atoms with E-state index in [2.05, 4.69) is 16.0 Å². The van der Waals surface area contributed by atoms with Crippen molar-refractivity contribution in [2.24, 2.45) is 0 Å². The molecule has 0 aliphatic carbocycles. The second-order valence-electron chi connectivity index (χ2n) is 4.93. The summed E-state index contributed by atoms with van der Waals surface area (Å²) in [7, 11) is 0. The van der Waals surface area contributed by atoms with E-state index in [4.69, 9.17) is 28.9 Å². The van der Waals surface area contributed by atoms with Crippen LogP contribution in [-0.2, 0) is 13.0 Å². The molecule has 0 amide bonds. The van der Waals surface area contributed by atoms with Gasteiger partial charge in [-0.2, -0.15) is 0 Å². The standard InChI is InChI=1S/C15H15Cl2N3/c16-11-6-7-15(17)19-13(11)9-20-8-2-3-10-12(18)4-1-5-14(10)20/h1,4-7H,2-3,8-9,18H2. The number of halogens is 2. The molecule has 104 valence electrons. The van der Waals surface area contributed by atoms with Crippen LogP contribution in [-0.4, -0.2) is 11.5 Å². The number of aromatic nitrogens is 1.